The maximum absolute atomic E-state index is 12.6. The van der Waals surface area contributed by atoms with E-state index in [9.17, 15) is 13.2 Å². The van der Waals surface area contributed by atoms with E-state index in [1.165, 1.54) is 19.2 Å². The highest BCUT2D eigenvalue weighted by Crippen LogP contribution is 2.27. The number of methoxy groups -OCH3 is 1. The summed E-state index contributed by atoms with van der Waals surface area (Å²) in [5.74, 6) is 0.0781. The second-order valence-electron chi connectivity index (χ2n) is 5.63. The van der Waals surface area contributed by atoms with Gasteiger partial charge in [-0.25, -0.2) is 4.63 Å². The van der Waals surface area contributed by atoms with Crippen molar-refractivity contribution in [3.63, 3.8) is 0 Å². The molecule has 134 valence electrons. The molecule has 9 nitrogen and oxygen atoms in total. The maximum Gasteiger partial charge on any atom is 0.284 e. The summed E-state index contributed by atoms with van der Waals surface area (Å²) in [6.45, 7) is 1.74. The van der Waals surface area contributed by atoms with Crippen LogP contribution in [0.25, 0.3) is 0 Å². The van der Waals surface area contributed by atoms with Crippen molar-refractivity contribution in [2.24, 2.45) is 0 Å². The molecule has 25 heavy (non-hydrogen) atoms. The minimum Gasteiger partial charge on any atom is -0.497 e. The molecule has 1 aromatic heterocycles. The molecule has 0 aliphatic heterocycles. The van der Waals surface area contributed by atoms with Crippen LogP contribution >= 0.6 is 0 Å². The molecular weight excluding hydrogens is 348 g/mol. The Balaban J connectivity index is 1.94. The van der Waals surface area contributed by atoms with Gasteiger partial charge < -0.3 is 10.1 Å². The predicted molar refractivity (Wildman–Crippen MR) is 88.0 cm³/mol. The molecule has 1 aliphatic carbocycles. The van der Waals surface area contributed by atoms with Crippen molar-refractivity contribution in [1.29, 1.82) is 0 Å². The van der Waals surface area contributed by atoms with Gasteiger partial charge in [0.1, 0.15) is 11.4 Å². The van der Waals surface area contributed by atoms with E-state index in [1.807, 2.05) is 0 Å². The standard InChI is InChI=1S/C15H18N4O5S/c1-3-12-15(18-24-17-12)25(21,22)19-13-7-6-10(23-2)8-11(13)14(20)16-9-4-5-9/h6-9,19H,3-5H2,1-2H3,(H,16,20). The quantitative estimate of drug-likeness (QED) is 0.757. The highest BCUT2D eigenvalue weighted by molar-refractivity contribution is 7.92. The number of hydrogen-bond donors (Lipinski definition) is 2. The molecule has 10 heteroatoms. The van der Waals surface area contributed by atoms with Crippen molar-refractivity contribution in [2.75, 3.05) is 11.8 Å². The van der Waals surface area contributed by atoms with E-state index in [4.69, 9.17) is 4.74 Å². The molecule has 2 aromatic rings. The van der Waals surface area contributed by atoms with Crippen molar-refractivity contribution >= 4 is 21.6 Å². The summed E-state index contributed by atoms with van der Waals surface area (Å²) in [6.07, 6.45) is 2.18. The average Bonchev–Trinajstić information content (AvgIpc) is 3.26. The van der Waals surface area contributed by atoms with E-state index in [1.54, 1.807) is 13.0 Å². The van der Waals surface area contributed by atoms with Crippen molar-refractivity contribution < 1.29 is 22.6 Å². The largest absolute Gasteiger partial charge is 0.497 e. The number of ether oxygens (including phenoxy) is 1. The summed E-state index contributed by atoms with van der Waals surface area (Å²) in [7, 11) is -2.57. The number of anilines is 1. The smallest absolute Gasteiger partial charge is 0.284 e. The van der Waals surface area contributed by atoms with Crippen molar-refractivity contribution in [3.8, 4) is 5.75 Å². The Bertz CT molecular complexity index is 889. The van der Waals surface area contributed by atoms with Gasteiger partial charge in [-0.15, -0.1) is 0 Å². The van der Waals surface area contributed by atoms with Gasteiger partial charge in [0.15, 0.2) is 0 Å². The summed E-state index contributed by atoms with van der Waals surface area (Å²) < 4.78 is 37.2. The first kappa shape index (κ1) is 17.2. The van der Waals surface area contributed by atoms with Crippen LogP contribution in [-0.4, -0.2) is 37.8 Å². The lowest BCUT2D eigenvalue weighted by Crippen LogP contribution is -2.27. The minimum absolute atomic E-state index is 0.129. The van der Waals surface area contributed by atoms with Gasteiger partial charge in [-0.1, -0.05) is 12.1 Å². The van der Waals surface area contributed by atoms with Gasteiger partial charge in [0.2, 0.25) is 5.03 Å². The number of nitrogens with one attached hydrogen (secondary N) is 2. The number of aromatic nitrogens is 2. The summed E-state index contributed by atoms with van der Waals surface area (Å²) in [4.78, 5) is 12.4. The third-order valence-corrected chi connectivity index (χ3v) is 5.05. The zero-order valence-corrected chi connectivity index (χ0v) is 14.6. The van der Waals surface area contributed by atoms with Crippen LogP contribution in [0.3, 0.4) is 0 Å². The Morgan fingerprint density at radius 3 is 2.76 bits per heavy atom. The lowest BCUT2D eigenvalue weighted by molar-refractivity contribution is 0.0951. The Hall–Kier alpha value is -2.62. The molecule has 1 fully saturated rings. The fourth-order valence-corrected chi connectivity index (χ4v) is 3.42. The molecule has 0 atom stereocenters. The Morgan fingerprint density at radius 2 is 2.12 bits per heavy atom. The number of nitrogens with zero attached hydrogens (tertiary/aromatic N) is 2. The van der Waals surface area contributed by atoms with Crippen LogP contribution in [0.1, 0.15) is 35.8 Å². The van der Waals surface area contributed by atoms with E-state index in [2.05, 4.69) is 25.0 Å². The SMILES string of the molecule is CCc1nonc1S(=O)(=O)Nc1ccc(OC)cc1C(=O)NC1CC1. The molecule has 1 aliphatic rings. The number of carbonyl (C=O) groups excluding carboxylic acids is 1. The van der Waals surface area contributed by atoms with Crippen LogP contribution < -0.4 is 14.8 Å². The summed E-state index contributed by atoms with van der Waals surface area (Å²) in [5, 5.41) is 9.57. The number of benzene rings is 1. The fraction of sp³-hybridized carbons (Fsp3) is 0.400. The molecule has 1 amide bonds. The lowest BCUT2D eigenvalue weighted by atomic mass is 10.1. The van der Waals surface area contributed by atoms with E-state index < -0.39 is 10.0 Å². The summed E-state index contributed by atoms with van der Waals surface area (Å²) in [5.41, 5.74) is 0.512. The second-order valence-corrected chi connectivity index (χ2v) is 7.23. The van der Waals surface area contributed by atoms with Crippen molar-refractivity contribution in [3.05, 3.63) is 29.5 Å². The Kier molecular flexibility index (Phi) is 4.62. The zero-order chi connectivity index (χ0) is 18.0. The zero-order valence-electron chi connectivity index (χ0n) is 13.8. The minimum atomic E-state index is -4.04. The fourth-order valence-electron chi connectivity index (χ4n) is 2.23. The monoisotopic (exact) mass is 366 g/mol. The predicted octanol–water partition coefficient (Wildman–Crippen LogP) is 1.33. The first-order valence-corrected chi connectivity index (χ1v) is 9.26. The Labute approximate surface area is 144 Å². The molecule has 1 heterocycles. The maximum atomic E-state index is 12.6. The number of amides is 1. The third kappa shape index (κ3) is 3.73. The molecule has 0 spiro atoms. The number of hydrogen-bond acceptors (Lipinski definition) is 7. The summed E-state index contributed by atoms with van der Waals surface area (Å²) >= 11 is 0. The van der Waals surface area contributed by atoms with E-state index in [0.717, 1.165) is 12.8 Å². The van der Waals surface area contributed by atoms with E-state index in [0.29, 0.717) is 12.2 Å². The second kappa shape index (κ2) is 6.71. The number of sulfonamides is 1. The van der Waals surface area contributed by atoms with Gasteiger partial charge in [0.05, 0.1) is 18.4 Å². The Morgan fingerprint density at radius 1 is 1.36 bits per heavy atom. The lowest BCUT2D eigenvalue weighted by Gasteiger charge is -2.13. The van der Waals surface area contributed by atoms with E-state index >= 15 is 0 Å². The highest BCUT2D eigenvalue weighted by atomic mass is 32.2. The van der Waals surface area contributed by atoms with Gasteiger partial charge in [0.25, 0.3) is 15.9 Å². The topological polar surface area (TPSA) is 123 Å². The van der Waals surface area contributed by atoms with Gasteiger partial charge in [-0.2, -0.15) is 8.42 Å². The molecular formula is C15H18N4O5S. The van der Waals surface area contributed by atoms with Crippen molar-refractivity contribution in [1.82, 2.24) is 15.6 Å². The molecule has 1 aromatic carbocycles. The van der Waals surface area contributed by atoms with E-state index in [-0.39, 0.29) is 33.9 Å². The van der Waals surface area contributed by atoms with Gasteiger partial charge in [-0.3, -0.25) is 9.52 Å². The normalized spacial score (nSPS) is 14.2. The van der Waals surface area contributed by atoms with Gasteiger partial charge in [-0.05, 0) is 42.6 Å². The van der Waals surface area contributed by atoms with Crippen LogP contribution in [-0.2, 0) is 16.4 Å². The molecule has 0 radical (unpaired) electrons. The molecule has 0 unspecified atom stereocenters. The summed E-state index contributed by atoms with van der Waals surface area (Å²) in [6, 6.07) is 4.65. The number of carbonyl (C=O) groups is 1. The molecule has 2 N–H and O–H groups in total. The van der Waals surface area contributed by atoms with Crippen LogP contribution in [0.2, 0.25) is 0 Å². The third-order valence-electron chi connectivity index (χ3n) is 3.74. The first-order chi connectivity index (χ1) is 11.9. The molecule has 0 saturated heterocycles. The molecule has 3 rings (SSSR count). The van der Waals surface area contributed by atoms with Crippen LogP contribution in [0.5, 0.6) is 5.75 Å². The average molecular weight is 366 g/mol. The van der Waals surface area contributed by atoms with Crippen LogP contribution in [0.15, 0.2) is 27.9 Å². The molecule has 1 saturated carbocycles. The van der Waals surface area contributed by atoms with Crippen molar-refractivity contribution in [2.45, 2.75) is 37.3 Å². The molecule has 0 bridgehead atoms. The van der Waals surface area contributed by atoms with Crippen LogP contribution in [0, 0.1) is 0 Å². The van der Waals surface area contributed by atoms with Crippen LogP contribution in [0.4, 0.5) is 5.69 Å². The van der Waals surface area contributed by atoms with Gasteiger partial charge in [0, 0.05) is 6.04 Å². The highest BCUT2D eigenvalue weighted by Gasteiger charge is 2.28. The van der Waals surface area contributed by atoms with Gasteiger partial charge >= 0.3 is 0 Å². The first-order valence-electron chi connectivity index (χ1n) is 7.77. The number of aryl methyl sites for hydroxylation is 1. The number of rotatable bonds is 7.